The molecule has 1 saturated heterocycles. The maximum Gasteiger partial charge on any atom is 0.307 e. The van der Waals surface area contributed by atoms with Crippen molar-refractivity contribution >= 4 is 5.97 Å². The highest BCUT2D eigenvalue weighted by Crippen LogP contribution is 2.28. The van der Waals surface area contributed by atoms with Gasteiger partial charge in [0.1, 0.15) is 0 Å². The largest absolute Gasteiger partial charge is 0.481 e. The van der Waals surface area contributed by atoms with E-state index in [0.717, 1.165) is 12.8 Å². The molecule has 0 bridgehead atoms. The number of hydrogen-bond acceptors (Lipinski definition) is 2. The summed E-state index contributed by atoms with van der Waals surface area (Å²) in [5, 5.41) is 9.17. The minimum atomic E-state index is -0.656. The predicted molar refractivity (Wildman–Crippen MR) is 71.5 cm³/mol. The van der Waals surface area contributed by atoms with Crippen LogP contribution in [0.5, 0.6) is 0 Å². The molecule has 0 aromatic heterocycles. The first kappa shape index (κ1) is 13.1. The zero-order valence-electron chi connectivity index (χ0n) is 11.0. The summed E-state index contributed by atoms with van der Waals surface area (Å²) >= 11 is 0. The summed E-state index contributed by atoms with van der Waals surface area (Å²) < 4.78 is 0. The first-order chi connectivity index (χ1) is 8.58. The second kappa shape index (κ2) is 5.53. The van der Waals surface area contributed by atoms with Crippen LogP contribution in [0.3, 0.4) is 0 Å². The van der Waals surface area contributed by atoms with E-state index in [1.807, 2.05) is 18.2 Å². The van der Waals surface area contributed by atoms with Crippen LogP contribution in [0.4, 0.5) is 0 Å². The summed E-state index contributed by atoms with van der Waals surface area (Å²) in [6.07, 6.45) is 1.71. The fourth-order valence-electron chi connectivity index (χ4n) is 2.84. The van der Waals surface area contributed by atoms with Crippen LogP contribution in [0.15, 0.2) is 30.3 Å². The molecule has 0 radical (unpaired) electrons. The van der Waals surface area contributed by atoms with Gasteiger partial charge in [0.05, 0.1) is 5.92 Å². The van der Waals surface area contributed by atoms with Crippen LogP contribution in [0, 0.1) is 5.92 Å². The van der Waals surface area contributed by atoms with Crippen molar-refractivity contribution in [1.29, 1.82) is 0 Å². The molecule has 1 heterocycles. The maximum atomic E-state index is 11.1. The average Bonchev–Trinajstić information content (AvgIpc) is 2.74. The van der Waals surface area contributed by atoms with Gasteiger partial charge in [-0.1, -0.05) is 30.3 Å². The van der Waals surface area contributed by atoms with E-state index < -0.39 is 5.97 Å². The van der Waals surface area contributed by atoms with Gasteiger partial charge in [-0.05, 0) is 32.3 Å². The molecule has 1 N–H and O–H groups in total. The van der Waals surface area contributed by atoms with Crippen LogP contribution in [0.2, 0.25) is 0 Å². The second-order valence-electron chi connectivity index (χ2n) is 5.40. The molecule has 0 saturated carbocycles. The van der Waals surface area contributed by atoms with Crippen molar-refractivity contribution in [2.45, 2.75) is 38.8 Å². The molecule has 1 fully saturated rings. The lowest BCUT2D eigenvalue weighted by atomic mass is 10.00. The van der Waals surface area contributed by atoms with Gasteiger partial charge in [-0.2, -0.15) is 0 Å². The van der Waals surface area contributed by atoms with Crippen LogP contribution in [0.25, 0.3) is 0 Å². The van der Waals surface area contributed by atoms with Crippen LogP contribution in [-0.4, -0.2) is 34.6 Å². The molecule has 1 aromatic rings. The SMILES string of the molecule is CC(C)N1CC(C(=O)O)CC1Cc1ccccc1. The molecule has 1 aliphatic heterocycles. The van der Waals surface area contributed by atoms with E-state index in [1.54, 1.807) is 0 Å². The summed E-state index contributed by atoms with van der Waals surface area (Å²) in [4.78, 5) is 13.5. The van der Waals surface area contributed by atoms with Gasteiger partial charge in [0.2, 0.25) is 0 Å². The Labute approximate surface area is 108 Å². The highest BCUT2D eigenvalue weighted by Gasteiger charge is 2.36. The predicted octanol–water partition coefficient (Wildman–Crippen LogP) is 2.41. The van der Waals surface area contributed by atoms with E-state index in [4.69, 9.17) is 0 Å². The molecule has 0 aliphatic carbocycles. The van der Waals surface area contributed by atoms with Crippen molar-refractivity contribution in [2.24, 2.45) is 5.92 Å². The molecule has 2 rings (SSSR count). The molecule has 0 spiro atoms. The third kappa shape index (κ3) is 2.91. The van der Waals surface area contributed by atoms with E-state index in [-0.39, 0.29) is 5.92 Å². The van der Waals surface area contributed by atoms with Crippen molar-refractivity contribution in [3.63, 3.8) is 0 Å². The topological polar surface area (TPSA) is 40.5 Å². The van der Waals surface area contributed by atoms with E-state index in [2.05, 4.69) is 30.9 Å². The van der Waals surface area contributed by atoms with Crippen molar-refractivity contribution in [1.82, 2.24) is 4.90 Å². The molecule has 1 aromatic carbocycles. The lowest BCUT2D eigenvalue weighted by Gasteiger charge is -2.28. The molecular weight excluding hydrogens is 226 g/mol. The Morgan fingerprint density at radius 2 is 2.06 bits per heavy atom. The normalized spacial score (nSPS) is 24.6. The Hall–Kier alpha value is -1.35. The zero-order chi connectivity index (χ0) is 13.1. The van der Waals surface area contributed by atoms with Crippen molar-refractivity contribution in [3.05, 3.63) is 35.9 Å². The molecule has 18 heavy (non-hydrogen) atoms. The van der Waals surface area contributed by atoms with E-state index in [1.165, 1.54) is 5.56 Å². The Kier molecular flexibility index (Phi) is 4.02. The highest BCUT2D eigenvalue weighted by atomic mass is 16.4. The average molecular weight is 247 g/mol. The van der Waals surface area contributed by atoms with Crippen LogP contribution < -0.4 is 0 Å². The summed E-state index contributed by atoms with van der Waals surface area (Å²) in [5.41, 5.74) is 1.29. The number of rotatable bonds is 4. The number of carbonyl (C=O) groups is 1. The number of likely N-dealkylation sites (tertiary alicyclic amines) is 1. The van der Waals surface area contributed by atoms with Crippen molar-refractivity contribution in [2.75, 3.05) is 6.54 Å². The van der Waals surface area contributed by atoms with Gasteiger partial charge < -0.3 is 5.11 Å². The molecule has 98 valence electrons. The zero-order valence-corrected chi connectivity index (χ0v) is 11.0. The van der Waals surface area contributed by atoms with Crippen LogP contribution in [-0.2, 0) is 11.2 Å². The summed E-state index contributed by atoms with van der Waals surface area (Å²) in [5.74, 6) is -0.864. The summed E-state index contributed by atoms with van der Waals surface area (Å²) in [7, 11) is 0. The number of benzene rings is 1. The number of nitrogens with zero attached hydrogens (tertiary/aromatic N) is 1. The van der Waals surface area contributed by atoms with Crippen LogP contribution >= 0.6 is 0 Å². The van der Waals surface area contributed by atoms with Gasteiger partial charge in [-0.25, -0.2) is 0 Å². The Bertz CT molecular complexity index is 402. The number of hydrogen-bond donors (Lipinski definition) is 1. The van der Waals surface area contributed by atoms with Gasteiger partial charge in [-0.15, -0.1) is 0 Å². The molecular formula is C15H21NO2. The molecule has 2 atom stereocenters. The van der Waals surface area contributed by atoms with E-state index >= 15 is 0 Å². The molecule has 3 nitrogen and oxygen atoms in total. The first-order valence-corrected chi connectivity index (χ1v) is 6.60. The Morgan fingerprint density at radius 1 is 1.39 bits per heavy atom. The monoisotopic (exact) mass is 247 g/mol. The lowest BCUT2D eigenvalue weighted by molar-refractivity contribution is -0.141. The third-order valence-electron chi connectivity index (χ3n) is 3.78. The smallest absolute Gasteiger partial charge is 0.307 e. The quantitative estimate of drug-likeness (QED) is 0.888. The van der Waals surface area contributed by atoms with Gasteiger partial charge >= 0.3 is 5.97 Å². The van der Waals surface area contributed by atoms with Gasteiger partial charge in [0.15, 0.2) is 0 Å². The lowest BCUT2D eigenvalue weighted by Crippen LogP contribution is -2.37. The fraction of sp³-hybridized carbons (Fsp3) is 0.533. The van der Waals surface area contributed by atoms with Gasteiger partial charge in [0, 0.05) is 18.6 Å². The molecule has 3 heteroatoms. The molecule has 1 aliphatic rings. The number of carboxylic acid groups (broad SMARTS) is 1. The number of aliphatic carboxylic acids is 1. The fourth-order valence-corrected chi connectivity index (χ4v) is 2.84. The van der Waals surface area contributed by atoms with Gasteiger partial charge in [-0.3, -0.25) is 9.69 Å². The molecule has 2 unspecified atom stereocenters. The summed E-state index contributed by atoms with van der Waals surface area (Å²) in [6, 6.07) is 11.1. The van der Waals surface area contributed by atoms with Crippen molar-refractivity contribution in [3.8, 4) is 0 Å². The maximum absolute atomic E-state index is 11.1. The number of carboxylic acids is 1. The summed E-state index contributed by atoms with van der Waals surface area (Å²) in [6.45, 7) is 4.97. The van der Waals surface area contributed by atoms with Gasteiger partial charge in [0.25, 0.3) is 0 Å². The first-order valence-electron chi connectivity index (χ1n) is 6.60. The minimum absolute atomic E-state index is 0.207. The van der Waals surface area contributed by atoms with Crippen LogP contribution in [0.1, 0.15) is 25.8 Å². The highest BCUT2D eigenvalue weighted by molar-refractivity contribution is 5.70. The minimum Gasteiger partial charge on any atom is -0.481 e. The van der Waals surface area contributed by atoms with Crippen molar-refractivity contribution < 1.29 is 9.90 Å². The van der Waals surface area contributed by atoms with E-state index in [0.29, 0.717) is 18.6 Å². The Balaban J connectivity index is 2.08. The molecule has 0 amide bonds. The second-order valence-corrected chi connectivity index (χ2v) is 5.40. The van der Waals surface area contributed by atoms with E-state index in [9.17, 15) is 9.90 Å². The third-order valence-corrected chi connectivity index (χ3v) is 3.78. The Morgan fingerprint density at radius 3 is 2.61 bits per heavy atom. The standard InChI is InChI=1S/C15H21NO2/c1-11(2)16-10-13(15(17)18)9-14(16)8-12-6-4-3-5-7-12/h3-7,11,13-14H,8-10H2,1-2H3,(H,17,18).